The number of hydrogen-bond donors (Lipinski definition) is 2. The molecule has 3 rings (SSSR count). The fourth-order valence-corrected chi connectivity index (χ4v) is 4.21. The molecule has 1 fully saturated rings. The zero-order chi connectivity index (χ0) is 18.5. The first kappa shape index (κ1) is 18.5. The van der Waals surface area contributed by atoms with Crippen molar-refractivity contribution in [3.05, 3.63) is 40.6 Å². The van der Waals surface area contributed by atoms with Crippen molar-refractivity contribution in [1.82, 2.24) is 5.32 Å². The molecule has 2 aromatic rings. The summed E-state index contributed by atoms with van der Waals surface area (Å²) >= 11 is 1.61. The lowest BCUT2D eigenvalue weighted by Gasteiger charge is -2.25. The molecule has 1 aromatic heterocycles. The van der Waals surface area contributed by atoms with Crippen molar-refractivity contribution >= 4 is 23.2 Å². The first-order chi connectivity index (χ1) is 12.6. The summed E-state index contributed by atoms with van der Waals surface area (Å²) in [5.74, 6) is -0.572. The summed E-state index contributed by atoms with van der Waals surface area (Å²) < 4.78 is 5.17. The third-order valence-electron chi connectivity index (χ3n) is 4.91. The Hall–Kier alpha value is -2.34. The molecule has 1 saturated carbocycles. The lowest BCUT2D eigenvalue weighted by Crippen LogP contribution is -2.35. The van der Waals surface area contributed by atoms with E-state index >= 15 is 0 Å². The molecule has 0 aliphatic heterocycles. The number of benzene rings is 1. The fraction of sp³-hybridized carbons (Fsp3) is 0.400. The number of carboxylic acids is 1. The first-order valence-corrected chi connectivity index (χ1v) is 9.67. The Kier molecular flexibility index (Phi) is 5.93. The number of nitrogens with one attached hydrogen (secondary N) is 1. The number of thiophene rings is 1. The lowest BCUT2D eigenvalue weighted by atomic mass is 9.81. The summed E-state index contributed by atoms with van der Waals surface area (Å²) in [6, 6.07) is 9.95. The van der Waals surface area contributed by atoms with E-state index < -0.39 is 5.97 Å². The Morgan fingerprint density at radius 1 is 1.19 bits per heavy atom. The predicted molar refractivity (Wildman–Crippen MR) is 101 cm³/mol. The average molecular weight is 373 g/mol. The van der Waals surface area contributed by atoms with Crippen LogP contribution in [0.5, 0.6) is 5.75 Å². The zero-order valence-corrected chi connectivity index (χ0v) is 15.6. The second kappa shape index (κ2) is 8.36. The molecule has 2 atom stereocenters. The molecule has 0 radical (unpaired) electrons. The molecule has 5 nitrogen and oxygen atoms in total. The number of rotatable bonds is 6. The standard InChI is InChI=1S/C20H23NO4S/c1-25-17-7-5-13(6-8-17)16-10-18(26-12-16)11-21-19(22)14-3-2-4-15(9-14)20(23)24/h5-8,10,12,14-15H,2-4,9,11H2,1H3,(H,21,22)(H,23,24). The minimum atomic E-state index is -0.787. The monoisotopic (exact) mass is 373 g/mol. The number of carboxylic acid groups (broad SMARTS) is 1. The van der Waals surface area contributed by atoms with E-state index in [-0.39, 0.29) is 17.7 Å². The fourth-order valence-electron chi connectivity index (χ4n) is 3.38. The molecule has 26 heavy (non-hydrogen) atoms. The molecule has 1 aliphatic carbocycles. The van der Waals surface area contributed by atoms with Gasteiger partial charge in [0, 0.05) is 10.8 Å². The van der Waals surface area contributed by atoms with Crippen LogP contribution >= 0.6 is 11.3 Å². The molecule has 2 N–H and O–H groups in total. The van der Waals surface area contributed by atoms with Crippen LogP contribution in [0.2, 0.25) is 0 Å². The number of carbonyl (C=O) groups excluding carboxylic acids is 1. The Labute approximate surface area is 157 Å². The van der Waals surface area contributed by atoms with E-state index in [2.05, 4.69) is 16.8 Å². The van der Waals surface area contributed by atoms with Crippen LogP contribution in [0.25, 0.3) is 11.1 Å². The van der Waals surface area contributed by atoms with E-state index in [1.165, 1.54) is 0 Å². The highest BCUT2D eigenvalue weighted by atomic mass is 32.1. The van der Waals surface area contributed by atoms with Gasteiger partial charge < -0.3 is 15.2 Å². The van der Waals surface area contributed by atoms with Gasteiger partial charge >= 0.3 is 5.97 Å². The Morgan fingerprint density at radius 2 is 1.92 bits per heavy atom. The zero-order valence-electron chi connectivity index (χ0n) is 14.7. The molecule has 1 heterocycles. The number of hydrogen-bond acceptors (Lipinski definition) is 4. The van der Waals surface area contributed by atoms with Crippen LogP contribution < -0.4 is 10.1 Å². The van der Waals surface area contributed by atoms with Gasteiger partial charge in [-0.1, -0.05) is 18.6 Å². The van der Waals surface area contributed by atoms with Crippen LogP contribution in [0.3, 0.4) is 0 Å². The Morgan fingerprint density at radius 3 is 2.62 bits per heavy atom. The van der Waals surface area contributed by atoms with Crippen molar-refractivity contribution in [2.24, 2.45) is 11.8 Å². The number of aliphatic carboxylic acids is 1. The van der Waals surface area contributed by atoms with Gasteiger partial charge in [0.15, 0.2) is 0 Å². The van der Waals surface area contributed by atoms with Gasteiger partial charge in [-0.05, 0) is 54.0 Å². The van der Waals surface area contributed by atoms with Crippen molar-refractivity contribution in [3.63, 3.8) is 0 Å². The molecular formula is C20H23NO4S. The normalized spacial score (nSPS) is 19.7. The van der Waals surface area contributed by atoms with E-state index in [4.69, 9.17) is 9.84 Å². The van der Waals surface area contributed by atoms with E-state index in [0.29, 0.717) is 19.4 Å². The maximum atomic E-state index is 12.4. The molecule has 0 bridgehead atoms. The highest BCUT2D eigenvalue weighted by Gasteiger charge is 2.30. The van der Waals surface area contributed by atoms with E-state index in [0.717, 1.165) is 34.6 Å². The van der Waals surface area contributed by atoms with Gasteiger partial charge in [-0.3, -0.25) is 9.59 Å². The van der Waals surface area contributed by atoms with Crippen LogP contribution in [0.1, 0.15) is 30.6 Å². The summed E-state index contributed by atoms with van der Waals surface area (Å²) in [4.78, 5) is 24.6. The van der Waals surface area contributed by atoms with Crippen molar-refractivity contribution in [2.45, 2.75) is 32.2 Å². The molecule has 1 aliphatic rings. The second-order valence-electron chi connectivity index (χ2n) is 6.65. The molecule has 1 aromatic carbocycles. The Bertz CT molecular complexity index is 768. The smallest absolute Gasteiger partial charge is 0.306 e. The minimum absolute atomic E-state index is 0.0321. The van der Waals surface area contributed by atoms with Gasteiger partial charge in [0.2, 0.25) is 5.91 Å². The van der Waals surface area contributed by atoms with Crippen LogP contribution in [-0.2, 0) is 16.1 Å². The average Bonchev–Trinajstić information content (AvgIpc) is 3.15. The van der Waals surface area contributed by atoms with Crippen LogP contribution in [0.4, 0.5) is 0 Å². The maximum absolute atomic E-state index is 12.4. The minimum Gasteiger partial charge on any atom is -0.497 e. The number of ether oxygens (including phenoxy) is 1. The van der Waals surface area contributed by atoms with Gasteiger partial charge in [0.1, 0.15) is 5.75 Å². The van der Waals surface area contributed by atoms with E-state index in [9.17, 15) is 9.59 Å². The summed E-state index contributed by atoms with van der Waals surface area (Å²) in [6.45, 7) is 0.480. The van der Waals surface area contributed by atoms with Crippen molar-refractivity contribution < 1.29 is 19.4 Å². The maximum Gasteiger partial charge on any atom is 0.306 e. The van der Waals surface area contributed by atoms with E-state index in [1.807, 2.05) is 24.3 Å². The van der Waals surface area contributed by atoms with Crippen molar-refractivity contribution in [1.29, 1.82) is 0 Å². The quantitative estimate of drug-likeness (QED) is 0.804. The second-order valence-corrected chi connectivity index (χ2v) is 7.64. The van der Waals surface area contributed by atoms with Crippen LogP contribution in [0.15, 0.2) is 35.7 Å². The topological polar surface area (TPSA) is 75.6 Å². The SMILES string of the molecule is COc1ccc(-c2csc(CNC(=O)C3CCCC(C(=O)O)C3)c2)cc1. The molecule has 0 saturated heterocycles. The van der Waals surface area contributed by atoms with Gasteiger partial charge in [-0.25, -0.2) is 0 Å². The van der Waals surface area contributed by atoms with Crippen molar-refractivity contribution in [3.8, 4) is 16.9 Å². The van der Waals surface area contributed by atoms with Gasteiger partial charge in [0.05, 0.1) is 19.6 Å². The van der Waals surface area contributed by atoms with Crippen LogP contribution in [-0.4, -0.2) is 24.1 Å². The predicted octanol–water partition coefficient (Wildman–Crippen LogP) is 3.93. The molecule has 0 spiro atoms. The number of methoxy groups -OCH3 is 1. The summed E-state index contributed by atoms with van der Waals surface area (Å²) in [6.07, 6.45) is 2.70. The molecule has 1 amide bonds. The highest BCUT2D eigenvalue weighted by Crippen LogP contribution is 2.30. The van der Waals surface area contributed by atoms with Crippen LogP contribution in [0, 0.1) is 11.8 Å². The van der Waals surface area contributed by atoms with Gasteiger partial charge in [-0.2, -0.15) is 0 Å². The molecular weight excluding hydrogens is 350 g/mol. The Balaban J connectivity index is 1.55. The summed E-state index contributed by atoms with van der Waals surface area (Å²) in [5, 5.41) is 14.2. The highest BCUT2D eigenvalue weighted by molar-refractivity contribution is 7.10. The molecule has 6 heteroatoms. The third kappa shape index (κ3) is 4.43. The number of amides is 1. The van der Waals surface area contributed by atoms with E-state index in [1.54, 1.807) is 18.4 Å². The molecule has 2 unspecified atom stereocenters. The van der Waals surface area contributed by atoms with Gasteiger partial charge in [-0.15, -0.1) is 11.3 Å². The first-order valence-electron chi connectivity index (χ1n) is 8.79. The van der Waals surface area contributed by atoms with Gasteiger partial charge in [0.25, 0.3) is 0 Å². The molecule has 138 valence electrons. The third-order valence-corrected chi connectivity index (χ3v) is 5.84. The largest absolute Gasteiger partial charge is 0.497 e. The van der Waals surface area contributed by atoms with Crippen molar-refractivity contribution in [2.75, 3.05) is 7.11 Å². The summed E-state index contributed by atoms with van der Waals surface area (Å²) in [5.41, 5.74) is 2.22. The summed E-state index contributed by atoms with van der Waals surface area (Å²) in [7, 11) is 1.64. The number of carbonyl (C=O) groups is 2. The lowest BCUT2D eigenvalue weighted by molar-refractivity contribution is -0.144.